The second-order valence-corrected chi connectivity index (χ2v) is 9.37. The first-order valence-electron chi connectivity index (χ1n) is 7.13. The summed E-state index contributed by atoms with van der Waals surface area (Å²) >= 11 is 1.28. The van der Waals surface area contributed by atoms with Crippen molar-refractivity contribution in [2.75, 3.05) is 17.9 Å². The van der Waals surface area contributed by atoms with Crippen molar-refractivity contribution in [2.24, 2.45) is 0 Å². The highest BCUT2D eigenvalue weighted by atomic mass is 32.2. The molecule has 3 heterocycles. The fraction of sp³-hybridized carbons (Fsp3) is 0.429. The second-order valence-electron chi connectivity index (χ2n) is 5.80. The van der Waals surface area contributed by atoms with E-state index in [1.807, 2.05) is 0 Å². The van der Waals surface area contributed by atoms with E-state index in [4.69, 9.17) is 9.47 Å². The lowest BCUT2D eigenvalue weighted by molar-refractivity contribution is -0.118. The van der Waals surface area contributed by atoms with Gasteiger partial charge in [-0.2, -0.15) is 0 Å². The van der Waals surface area contributed by atoms with Gasteiger partial charge in [0, 0.05) is 12.1 Å². The van der Waals surface area contributed by atoms with E-state index >= 15 is 0 Å². The molecule has 4 rings (SSSR count). The minimum atomic E-state index is -3.42. The molecule has 2 aliphatic heterocycles. The van der Waals surface area contributed by atoms with E-state index in [0.29, 0.717) is 35.0 Å². The van der Waals surface area contributed by atoms with Crippen LogP contribution < -0.4 is 14.8 Å². The van der Waals surface area contributed by atoms with Crippen LogP contribution in [0.5, 0.6) is 11.5 Å². The normalized spacial score (nSPS) is 24.9. The monoisotopic (exact) mass is 354 g/mol. The molecule has 23 heavy (non-hydrogen) atoms. The summed E-state index contributed by atoms with van der Waals surface area (Å²) in [6.07, 6.45) is 0.843. The highest BCUT2D eigenvalue weighted by Gasteiger charge is 2.49. The molecule has 1 unspecified atom stereocenters. The topological polar surface area (TPSA) is 94.6 Å². The van der Waals surface area contributed by atoms with Crippen molar-refractivity contribution >= 4 is 42.4 Å². The van der Waals surface area contributed by atoms with Gasteiger partial charge in [0.25, 0.3) is 0 Å². The zero-order chi connectivity index (χ0) is 16.2. The lowest BCUT2D eigenvalue weighted by Crippen LogP contribution is -2.44. The van der Waals surface area contributed by atoms with E-state index in [1.165, 1.54) is 18.3 Å². The zero-order valence-corrected chi connectivity index (χ0v) is 13.9. The Morgan fingerprint density at radius 2 is 2.09 bits per heavy atom. The molecule has 1 saturated heterocycles. The summed E-state index contributed by atoms with van der Waals surface area (Å²) in [4.78, 5) is 16.8. The highest BCUT2D eigenvalue weighted by Crippen LogP contribution is 2.39. The van der Waals surface area contributed by atoms with Crippen molar-refractivity contribution in [3.63, 3.8) is 0 Å². The Morgan fingerprint density at radius 1 is 1.35 bits per heavy atom. The number of anilines is 1. The van der Waals surface area contributed by atoms with Gasteiger partial charge in [-0.05, 0) is 19.8 Å². The van der Waals surface area contributed by atoms with Gasteiger partial charge in [-0.15, -0.1) is 0 Å². The van der Waals surface area contributed by atoms with Crippen molar-refractivity contribution in [3.8, 4) is 11.5 Å². The van der Waals surface area contributed by atoms with E-state index in [9.17, 15) is 13.2 Å². The van der Waals surface area contributed by atoms with Crippen LogP contribution in [0.25, 0.3) is 10.2 Å². The van der Waals surface area contributed by atoms with Crippen LogP contribution in [0, 0.1) is 0 Å². The van der Waals surface area contributed by atoms with Gasteiger partial charge in [-0.1, -0.05) is 11.3 Å². The van der Waals surface area contributed by atoms with Crippen LogP contribution in [0.2, 0.25) is 0 Å². The van der Waals surface area contributed by atoms with E-state index in [2.05, 4.69) is 10.3 Å². The summed E-state index contributed by atoms with van der Waals surface area (Å²) in [7, 11) is -3.42. The predicted octanol–water partition coefficient (Wildman–Crippen LogP) is 1.93. The van der Waals surface area contributed by atoms with Gasteiger partial charge < -0.3 is 14.8 Å². The third-order valence-electron chi connectivity index (χ3n) is 4.34. The molecular weight excluding hydrogens is 340 g/mol. The van der Waals surface area contributed by atoms with Crippen LogP contribution in [-0.4, -0.2) is 36.6 Å². The Labute approximate surface area is 136 Å². The number of sulfone groups is 1. The number of rotatable bonds is 2. The molecule has 0 radical (unpaired) electrons. The number of ether oxygens (including phenoxy) is 2. The lowest BCUT2D eigenvalue weighted by atomic mass is 10.1. The van der Waals surface area contributed by atoms with E-state index in [0.717, 1.165) is 4.70 Å². The number of benzene rings is 1. The molecule has 7 nitrogen and oxygen atoms in total. The second kappa shape index (κ2) is 4.81. The summed E-state index contributed by atoms with van der Waals surface area (Å²) in [5, 5.41) is 3.02. The van der Waals surface area contributed by atoms with Crippen LogP contribution in [-0.2, 0) is 14.6 Å². The van der Waals surface area contributed by atoms with Crippen molar-refractivity contribution in [1.29, 1.82) is 0 Å². The Bertz CT molecular complexity index is 880. The Balaban J connectivity index is 1.64. The van der Waals surface area contributed by atoms with Crippen LogP contribution in [0.1, 0.15) is 19.8 Å². The number of hydrogen-bond acceptors (Lipinski definition) is 7. The lowest BCUT2D eigenvalue weighted by Gasteiger charge is -2.20. The number of amides is 1. The number of carbonyl (C=O) groups excluding carboxylic acids is 1. The van der Waals surface area contributed by atoms with Crippen molar-refractivity contribution in [3.05, 3.63) is 12.1 Å². The molecule has 1 aromatic carbocycles. The first-order valence-corrected chi connectivity index (χ1v) is 9.60. The number of fused-ring (bicyclic) bond motifs is 2. The van der Waals surface area contributed by atoms with Crippen molar-refractivity contribution < 1.29 is 22.7 Å². The molecule has 0 spiro atoms. The van der Waals surface area contributed by atoms with E-state index in [1.54, 1.807) is 12.1 Å². The van der Waals surface area contributed by atoms with Crippen molar-refractivity contribution in [1.82, 2.24) is 4.98 Å². The average molecular weight is 354 g/mol. The fourth-order valence-corrected chi connectivity index (χ4v) is 5.47. The van der Waals surface area contributed by atoms with Crippen LogP contribution in [0.3, 0.4) is 0 Å². The summed E-state index contributed by atoms with van der Waals surface area (Å²) in [6.45, 7) is 1.67. The van der Waals surface area contributed by atoms with Crippen LogP contribution >= 0.6 is 11.3 Å². The maximum atomic E-state index is 12.5. The molecule has 1 N–H and O–H groups in total. The molecule has 0 bridgehead atoms. The number of nitrogens with zero attached hydrogens (tertiary/aromatic N) is 1. The van der Waals surface area contributed by atoms with Gasteiger partial charge in [0.2, 0.25) is 12.7 Å². The molecule has 2 aromatic rings. The minimum absolute atomic E-state index is 0.0537. The maximum absolute atomic E-state index is 12.5. The summed E-state index contributed by atoms with van der Waals surface area (Å²) in [5.74, 6) is 0.794. The largest absolute Gasteiger partial charge is 0.454 e. The molecule has 0 aliphatic carbocycles. The molecule has 122 valence electrons. The van der Waals surface area contributed by atoms with Gasteiger partial charge in [-0.25, -0.2) is 13.4 Å². The third-order valence-corrected chi connectivity index (χ3v) is 7.86. The summed E-state index contributed by atoms with van der Waals surface area (Å²) < 4.78 is 34.3. The van der Waals surface area contributed by atoms with Gasteiger partial charge in [0.05, 0.1) is 16.0 Å². The molecule has 1 amide bonds. The minimum Gasteiger partial charge on any atom is -0.454 e. The SMILES string of the molecule is CC1(C(=O)Nc2nc3cc4c(cc3s2)OCO4)CCCS1(=O)=O. The number of nitrogens with one attached hydrogen (secondary N) is 1. The highest BCUT2D eigenvalue weighted by molar-refractivity contribution is 7.93. The summed E-state index contributed by atoms with van der Waals surface area (Å²) in [5.41, 5.74) is 0.675. The Morgan fingerprint density at radius 3 is 2.78 bits per heavy atom. The van der Waals surface area contributed by atoms with Gasteiger partial charge >= 0.3 is 0 Å². The predicted molar refractivity (Wildman–Crippen MR) is 85.8 cm³/mol. The first-order chi connectivity index (χ1) is 10.9. The quantitative estimate of drug-likeness (QED) is 0.885. The zero-order valence-electron chi connectivity index (χ0n) is 12.3. The van der Waals surface area contributed by atoms with Crippen molar-refractivity contribution in [2.45, 2.75) is 24.5 Å². The molecular formula is C14H14N2O5S2. The molecule has 1 aromatic heterocycles. The number of hydrogen-bond donors (Lipinski definition) is 1. The smallest absolute Gasteiger partial charge is 0.247 e. The van der Waals surface area contributed by atoms with Gasteiger partial charge in [0.15, 0.2) is 26.5 Å². The summed E-state index contributed by atoms with van der Waals surface area (Å²) in [6, 6.07) is 3.55. The number of aromatic nitrogens is 1. The Kier molecular flexibility index (Phi) is 3.08. The fourth-order valence-electron chi connectivity index (χ4n) is 2.84. The molecule has 2 aliphatic rings. The molecule has 1 fully saturated rings. The molecule has 0 saturated carbocycles. The maximum Gasteiger partial charge on any atom is 0.247 e. The molecule has 1 atom stereocenters. The van der Waals surface area contributed by atoms with E-state index in [-0.39, 0.29) is 12.5 Å². The van der Waals surface area contributed by atoms with Crippen LogP contribution in [0.4, 0.5) is 5.13 Å². The standard InChI is InChI=1S/C14H14N2O5S2/c1-14(3-2-4-23(14,18)19)12(17)16-13-15-8-5-9-10(21-7-20-9)6-11(8)22-13/h5-6H,2-4,7H2,1H3,(H,15,16,17). The first kappa shape index (κ1) is 14.7. The van der Waals surface area contributed by atoms with Crippen LogP contribution in [0.15, 0.2) is 12.1 Å². The number of thiazole rings is 1. The third kappa shape index (κ3) is 2.18. The van der Waals surface area contributed by atoms with Gasteiger partial charge in [0.1, 0.15) is 4.75 Å². The average Bonchev–Trinajstić information content (AvgIpc) is 3.14. The number of carbonyl (C=O) groups is 1. The molecule has 9 heteroatoms. The van der Waals surface area contributed by atoms with E-state index < -0.39 is 20.5 Å². The van der Waals surface area contributed by atoms with Gasteiger partial charge in [-0.3, -0.25) is 4.79 Å². The Hall–Kier alpha value is -1.87.